The van der Waals surface area contributed by atoms with E-state index < -0.39 is 5.63 Å². The molecule has 4 aromatic rings. The van der Waals surface area contributed by atoms with Gasteiger partial charge in [0, 0.05) is 44.6 Å². The summed E-state index contributed by atoms with van der Waals surface area (Å²) in [5, 5.41) is 5.43. The van der Waals surface area contributed by atoms with E-state index in [0.717, 1.165) is 27.7 Å². The molecule has 0 saturated heterocycles. The Labute approximate surface area is 182 Å². The first-order valence-electron chi connectivity index (χ1n) is 9.45. The Morgan fingerprint density at radius 2 is 1.53 bits per heavy atom. The van der Waals surface area contributed by atoms with Crippen LogP contribution in [0.4, 0.5) is 5.69 Å². The summed E-state index contributed by atoms with van der Waals surface area (Å²) >= 11 is 11.9. The SMILES string of the molecule is Cc1oc2cc3oc(=O)c(CCC(=O)Nc4cc(Cl)cc(Cl)c4)c(C)c3cc2c1C. The van der Waals surface area contributed by atoms with E-state index in [1.54, 1.807) is 24.3 Å². The van der Waals surface area contributed by atoms with Gasteiger partial charge in [-0.1, -0.05) is 23.2 Å². The molecular formula is C23H19Cl2NO4. The van der Waals surface area contributed by atoms with E-state index in [1.165, 1.54) is 0 Å². The van der Waals surface area contributed by atoms with Gasteiger partial charge in [-0.05, 0) is 62.6 Å². The smallest absolute Gasteiger partial charge is 0.339 e. The summed E-state index contributed by atoms with van der Waals surface area (Å²) in [5.74, 6) is 0.585. The van der Waals surface area contributed by atoms with Gasteiger partial charge in [0.2, 0.25) is 5.91 Å². The van der Waals surface area contributed by atoms with Crippen LogP contribution in [-0.2, 0) is 11.2 Å². The van der Waals surface area contributed by atoms with Crippen molar-refractivity contribution in [2.24, 2.45) is 0 Å². The van der Waals surface area contributed by atoms with Crippen LogP contribution in [0.25, 0.3) is 21.9 Å². The molecule has 0 fully saturated rings. The predicted octanol–water partition coefficient (Wildman–Crippen LogP) is 6.34. The molecule has 0 spiro atoms. The number of fused-ring (bicyclic) bond motifs is 2. The van der Waals surface area contributed by atoms with Gasteiger partial charge in [0.1, 0.15) is 16.9 Å². The van der Waals surface area contributed by atoms with E-state index in [9.17, 15) is 9.59 Å². The fourth-order valence-corrected chi connectivity index (χ4v) is 4.13. The van der Waals surface area contributed by atoms with Crippen molar-refractivity contribution in [1.82, 2.24) is 0 Å². The standard InChI is InChI=1S/C23H19Cl2NO4/c1-11-13(3)29-20-10-21-19(9-18(11)20)12(2)17(23(28)30-21)4-5-22(27)26-16-7-14(24)6-15(25)8-16/h6-10H,4-5H2,1-3H3,(H,26,27). The normalized spacial score (nSPS) is 11.4. The molecule has 1 N–H and O–H groups in total. The van der Waals surface area contributed by atoms with Crippen molar-refractivity contribution in [3.63, 3.8) is 0 Å². The Morgan fingerprint density at radius 3 is 2.23 bits per heavy atom. The molecule has 0 aliphatic rings. The first-order chi connectivity index (χ1) is 14.2. The number of hydrogen-bond acceptors (Lipinski definition) is 4. The lowest BCUT2D eigenvalue weighted by Gasteiger charge is -2.09. The molecule has 1 amide bonds. The molecular weight excluding hydrogens is 425 g/mol. The molecule has 4 rings (SSSR count). The third kappa shape index (κ3) is 3.83. The zero-order valence-electron chi connectivity index (χ0n) is 16.7. The number of benzene rings is 2. The maximum Gasteiger partial charge on any atom is 0.339 e. The predicted molar refractivity (Wildman–Crippen MR) is 120 cm³/mol. The van der Waals surface area contributed by atoms with Crippen molar-refractivity contribution in [2.75, 3.05) is 5.32 Å². The van der Waals surface area contributed by atoms with Gasteiger partial charge < -0.3 is 14.2 Å². The number of nitrogens with one attached hydrogen (secondary N) is 1. The molecule has 7 heteroatoms. The van der Waals surface area contributed by atoms with E-state index in [4.69, 9.17) is 32.0 Å². The summed E-state index contributed by atoms with van der Waals surface area (Å²) in [6.45, 7) is 5.77. The van der Waals surface area contributed by atoms with Crippen molar-refractivity contribution in [3.05, 3.63) is 73.2 Å². The fourth-order valence-electron chi connectivity index (χ4n) is 3.60. The van der Waals surface area contributed by atoms with Gasteiger partial charge in [-0.25, -0.2) is 4.79 Å². The lowest BCUT2D eigenvalue weighted by Crippen LogP contribution is -2.16. The topological polar surface area (TPSA) is 72.5 Å². The highest BCUT2D eigenvalue weighted by Gasteiger charge is 2.16. The average molecular weight is 444 g/mol. The van der Waals surface area contributed by atoms with E-state index >= 15 is 0 Å². The number of amides is 1. The number of carbonyl (C=O) groups excluding carboxylic acids is 1. The number of halogens is 2. The van der Waals surface area contributed by atoms with Crippen LogP contribution in [0.15, 0.2) is 44.0 Å². The molecule has 30 heavy (non-hydrogen) atoms. The summed E-state index contributed by atoms with van der Waals surface area (Å²) in [6.07, 6.45) is 0.374. The van der Waals surface area contributed by atoms with Crippen molar-refractivity contribution in [2.45, 2.75) is 33.6 Å². The number of carbonyl (C=O) groups is 1. The van der Waals surface area contributed by atoms with Crippen molar-refractivity contribution in [3.8, 4) is 0 Å². The van der Waals surface area contributed by atoms with Crippen LogP contribution in [0.3, 0.4) is 0 Å². The highest BCUT2D eigenvalue weighted by atomic mass is 35.5. The Bertz CT molecular complexity index is 1350. The minimum Gasteiger partial charge on any atom is -0.461 e. The third-order valence-corrected chi connectivity index (χ3v) is 5.77. The molecule has 0 aliphatic heterocycles. The van der Waals surface area contributed by atoms with Gasteiger partial charge in [-0.3, -0.25) is 4.79 Å². The van der Waals surface area contributed by atoms with E-state index in [-0.39, 0.29) is 18.7 Å². The molecule has 2 aromatic heterocycles. The quantitative estimate of drug-likeness (QED) is 0.373. The van der Waals surface area contributed by atoms with Crippen LogP contribution in [-0.4, -0.2) is 5.91 Å². The van der Waals surface area contributed by atoms with Crippen LogP contribution < -0.4 is 10.9 Å². The van der Waals surface area contributed by atoms with Gasteiger partial charge in [0.25, 0.3) is 0 Å². The van der Waals surface area contributed by atoms with Crippen LogP contribution >= 0.6 is 23.2 Å². The summed E-state index contributed by atoms with van der Waals surface area (Å²) < 4.78 is 11.3. The van der Waals surface area contributed by atoms with E-state index in [0.29, 0.717) is 32.5 Å². The second-order valence-corrected chi connectivity index (χ2v) is 8.20. The minimum atomic E-state index is -0.446. The van der Waals surface area contributed by atoms with Gasteiger partial charge in [0.05, 0.1) is 0 Å². The first-order valence-corrected chi connectivity index (χ1v) is 10.2. The van der Waals surface area contributed by atoms with Crippen molar-refractivity contribution >= 4 is 56.7 Å². The number of aryl methyl sites for hydroxylation is 3. The largest absolute Gasteiger partial charge is 0.461 e. The van der Waals surface area contributed by atoms with Gasteiger partial charge >= 0.3 is 5.63 Å². The molecule has 2 aromatic carbocycles. The lowest BCUT2D eigenvalue weighted by molar-refractivity contribution is -0.116. The maximum absolute atomic E-state index is 12.6. The highest BCUT2D eigenvalue weighted by Crippen LogP contribution is 2.31. The monoisotopic (exact) mass is 443 g/mol. The number of furan rings is 1. The molecule has 0 aliphatic carbocycles. The summed E-state index contributed by atoms with van der Waals surface area (Å²) in [4.78, 5) is 24.9. The van der Waals surface area contributed by atoms with Crippen LogP contribution in [0.5, 0.6) is 0 Å². The Hall–Kier alpha value is -2.76. The number of anilines is 1. The highest BCUT2D eigenvalue weighted by molar-refractivity contribution is 6.35. The molecule has 154 valence electrons. The molecule has 2 heterocycles. The molecule has 0 bridgehead atoms. The first kappa shape index (κ1) is 20.5. The molecule has 0 radical (unpaired) electrons. The molecule has 0 atom stereocenters. The zero-order chi connectivity index (χ0) is 21.6. The van der Waals surface area contributed by atoms with Gasteiger partial charge in [0.15, 0.2) is 0 Å². The average Bonchev–Trinajstić information content (AvgIpc) is 2.92. The summed E-state index contributed by atoms with van der Waals surface area (Å²) in [5.41, 5.74) is 3.57. The minimum absolute atomic E-state index is 0.118. The van der Waals surface area contributed by atoms with Crippen LogP contribution in [0.2, 0.25) is 10.0 Å². The molecule has 0 unspecified atom stereocenters. The second kappa shape index (κ2) is 7.82. The number of hydrogen-bond donors (Lipinski definition) is 1. The summed E-state index contributed by atoms with van der Waals surface area (Å²) in [7, 11) is 0. The van der Waals surface area contributed by atoms with E-state index in [2.05, 4.69) is 5.32 Å². The lowest BCUT2D eigenvalue weighted by atomic mass is 10.0. The van der Waals surface area contributed by atoms with Gasteiger partial charge in [-0.15, -0.1) is 0 Å². The maximum atomic E-state index is 12.6. The van der Waals surface area contributed by atoms with E-state index in [1.807, 2.05) is 26.8 Å². The Balaban J connectivity index is 1.62. The second-order valence-electron chi connectivity index (χ2n) is 7.33. The number of rotatable bonds is 4. The fraction of sp³-hybridized carbons (Fsp3) is 0.217. The van der Waals surface area contributed by atoms with Crippen LogP contribution in [0.1, 0.15) is 28.9 Å². The Kier molecular flexibility index (Phi) is 5.35. The zero-order valence-corrected chi connectivity index (χ0v) is 18.2. The van der Waals surface area contributed by atoms with Crippen molar-refractivity contribution < 1.29 is 13.6 Å². The molecule has 0 saturated carbocycles. The van der Waals surface area contributed by atoms with Gasteiger partial charge in [-0.2, -0.15) is 0 Å². The van der Waals surface area contributed by atoms with Crippen LogP contribution in [0, 0.1) is 20.8 Å². The summed E-state index contributed by atoms with van der Waals surface area (Å²) in [6, 6.07) is 8.54. The Morgan fingerprint density at radius 1 is 0.900 bits per heavy atom. The van der Waals surface area contributed by atoms with Crippen molar-refractivity contribution in [1.29, 1.82) is 0 Å². The molecule has 5 nitrogen and oxygen atoms in total. The third-order valence-electron chi connectivity index (χ3n) is 5.33.